The molecule has 3 aromatic rings. The zero-order valence-electron chi connectivity index (χ0n) is 14.6. The normalized spacial score (nSPS) is 10.5. The quantitative estimate of drug-likeness (QED) is 0.546. The first kappa shape index (κ1) is 16.1. The highest BCUT2D eigenvalue weighted by Crippen LogP contribution is 2.28. The number of benzene rings is 3. The van der Waals surface area contributed by atoms with Crippen LogP contribution in [0.2, 0.25) is 0 Å². The van der Waals surface area contributed by atoms with Crippen LogP contribution < -0.4 is 9.47 Å². The Morgan fingerprint density at radius 1 is 0.458 bits per heavy atom. The van der Waals surface area contributed by atoms with E-state index in [1.807, 2.05) is 42.5 Å². The van der Waals surface area contributed by atoms with Gasteiger partial charge in [-0.3, -0.25) is 0 Å². The predicted molar refractivity (Wildman–Crippen MR) is 98.4 cm³/mol. The van der Waals surface area contributed by atoms with Gasteiger partial charge in [-0.25, -0.2) is 0 Å². The van der Waals surface area contributed by atoms with Crippen LogP contribution in [-0.2, 0) is 0 Å². The first-order valence-electron chi connectivity index (χ1n) is 8.11. The van der Waals surface area contributed by atoms with E-state index in [1.165, 1.54) is 22.3 Å². The van der Waals surface area contributed by atoms with E-state index in [4.69, 9.17) is 9.47 Å². The highest BCUT2D eigenvalue weighted by Gasteiger charge is 2.02. The Labute approximate surface area is 143 Å². The van der Waals surface area contributed by atoms with Gasteiger partial charge in [0.25, 0.3) is 0 Å². The molecule has 0 N–H and O–H groups in total. The summed E-state index contributed by atoms with van der Waals surface area (Å²) in [4.78, 5) is 0. The molecular weight excluding hydrogens is 296 g/mol. The Bertz CT molecular complexity index is 828. The topological polar surface area (TPSA) is 18.5 Å². The number of aryl methyl sites for hydroxylation is 4. The van der Waals surface area contributed by atoms with Crippen LogP contribution in [0.3, 0.4) is 0 Å². The molecule has 0 saturated carbocycles. The molecule has 0 spiro atoms. The van der Waals surface area contributed by atoms with Gasteiger partial charge in [0.2, 0.25) is 0 Å². The summed E-state index contributed by atoms with van der Waals surface area (Å²) in [7, 11) is 0. The number of hydrogen-bond acceptors (Lipinski definition) is 2. The van der Waals surface area contributed by atoms with Gasteiger partial charge in [-0.15, -0.1) is 0 Å². The fraction of sp³-hybridized carbons (Fsp3) is 0.182. The van der Waals surface area contributed by atoms with Gasteiger partial charge in [-0.1, -0.05) is 12.1 Å². The van der Waals surface area contributed by atoms with E-state index in [1.54, 1.807) is 0 Å². The summed E-state index contributed by atoms with van der Waals surface area (Å²) in [6, 6.07) is 20.0. The van der Waals surface area contributed by atoms with E-state index in [-0.39, 0.29) is 0 Å². The molecular formula is C22H22O2. The smallest absolute Gasteiger partial charge is 0.127 e. The molecule has 0 fully saturated rings. The molecule has 122 valence electrons. The molecule has 0 aromatic heterocycles. The van der Waals surface area contributed by atoms with Gasteiger partial charge in [-0.2, -0.15) is 0 Å². The Hall–Kier alpha value is -2.74. The van der Waals surface area contributed by atoms with Gasteiger partial charge in [0, 0.05) is 0 Å². The van der Waals surface area contributed by atoms with E-state index >= 15 is 0 Å². The lowest BCUT2D eigenvalue weighted by molar-refractivity contribution is 0.468. The van der Waals surface area contributed by atoms with Crippen LogP contribution in [0.1, 0.15) is 22.3 Å². The Morgan fingerprint density at radius 2 is 0.958 bits per heavy atom. The summed E-state index contributed by atoms with van der Waals surface area (Å²) >= 11 is 0. The van der Waals surface area contributed by atoms with Crippen molar-refractivity contribution in [3.63, 3.8) is 0 Å². The van der Waals surface area contributed by atoms with Gasteiger partial charge >= 0.3 is 0 Å². The monoisotopic (exact) mass is 318 g/mol. The molecule has 0 aliphatic carbocycles. The van der Waals surface area contributed by atoms with Gasteiger partial charge in [-0.05, 0) is 98.5 Å². The van der Waals surface area contributed by atoms with Gasteiger partial charge in [0.05, 0.1) is 0 Å². The lowest BCUT2D eigenvalue weighted by atomic mass is 10.1. The summed E-state index contributed by atoms with van der Waals surface area (Å²) in [6.07, 6.45) is 0. The molecule has 0 aliphatic heterocycles. The average molecular weight is 318 g/mol. The zero-order chi connectivity index (χ0) is 17.1. The number of hydrogen-bond donors (Lipinski definition) is 0. The van der Waals surface area contributed by atoms with Crippen LogP contribution in [0.4, 0.5) is 0 Å². The summed E-state index contributed by atoms with van der Waals surface area (Å²) in [6.45, 7) is 8.32. The van der Waals surface area contributed by atoms with Gasteiger partial charge in [0.1, 0.15) is 23.0 Å². The Kier molecular flexibility index (Phi) is 4.57. The molecule has 0 bridgehead atoms. The minimum Gasteiger partial charge on any atom is -0.457 e. The highest BCUT2D eigenvalue weighted by molar-refractivity contribution is 5.41. The van der Waals surface area contributed by atoms with Crippen molar-refractivity contribution >= 4 is 0 Å². The van der Waals surface area contributed by atoms with E-state index < -0.39 is 0 Å². The van der Waals surface area contributed by atoms with Crippen LogP contribution in [0, 0.1) is 27.7 Å². The van der Waals surface area contributed by atoms with Crippen molar-refractivity contribution in [3.8, 4) is 23.0 Å². The summed E-state index contributed by atoms with van der Waals surface area (Å²) in [5, 5.41) is 0. The number of rotatable bonds is 4. The fourth-order valence-corrected chi connectivity index (χ4v) is 2.62. The lowest BCUT2D eigenvalue weighted by Gasteiger charge is -2.10. The largest absolute Gasteiger partial charge is 0.457 e. The minimum absolute atomic E-state index is 0.797. The van der Waals surface area contributed by atoms with Crippen LogP contribution in [0.15, 0.2) is 60.7 Å². The second-order valence-electron chi connectivity index (χ2n) is 6.25. The van der Waals surface area contributed by atoms with Crippen molar-refractivity contribution in [2.24, 2.45) is 0 Å². The third kappa shape index (κ3) is 3.96. The van der Waals surface area contributed by atoms with Crippen molar-refractivity contribution in [1.82, 2.24) is 0 Å². The Morgan fingerprint density at radius 3 is 1.50 bits per heavy atom. The first-order chi connectivity index (χ1) is 11.5. The predicted octanol–water partition coefficient (Wildman–Crippen LogP) is 6.50. The van der Waals surface area contributed by atoms with Gasteiger partial charge in [0.15, 0.2) is 0 Å². The molecule has 0 unspecified atom stereocenters. The summed E-state index contributed by atoms with van der Waals surface area (Å²) < 4.78 is 11.8. The van der Waals surface area contributed by atoms with Gasteiger partial charge < -0.3 is 9.47 Å². The molecule has 0 saturated heterocycles. The second-order valence-corrected chi connectivity index (χ2v) is 6.25. The highest BCUT2D eigenvalue weighted by atomic mass is 16.5. The van der Waals surface area contributed by atoms with Crippen LogP contribution in [0.5, 0.6) is 23.0 Å². The van der Waals surface area contributed by atoms with Crippen molar-refractivity contribution < 1.29 is 9.47 Å². The van der Waals surface area contributed by atoms with Crippen molar-refractivity contribution in [2.45, 2.75) is 27.7 Å². The summed E-state index contributed by atoms with van der Waals surface area (Å²) in [5.41, 5.74) is 4.88. The molecule has 0 amide bonds. The first-order valence-corrected chi connectivity index (χ1v) is 8.11. The van der Waals surface area contributed by atoms with Crippen molar-refractivity contribution in [2.75, 3.05) is 0 Å². The van der Waals surface area contributed by atoms with Crippen LogP contribution >= 0.6 is 0 Å². The van der Waals surface area contributed by atoms with E-state index in [0.717, 1.165) is 23.0 Å². The van der Waals surface area contributed by atoms with Crippen molar-refractivity contribution in [1.29, 1.82) is 0 Å². The summed E-state index contributed by atoms with van der Waals surface area (Å²) in [5.74, 6) is 3.30. The molecule has 0 atom stereocenters. The minimum atomic E-state index is 0.797. The fourth-order valence-electron chi connectivity index (χ4n) is 2.62. The maximum Gasteiger partial charge on any atom is 0.127 e. The number of ether oxygens (including phenoxy) is 2. The third-order valence-corrected chi connectivity index (χ3v) is 3.97. The lowest BCUT2D eigenvalue weighted by Crippen LogP contribution is -1.89. The van der Waals surface area contributed by atoms with Crippen LogP contribution in [0.25, 0.3) is 0 Å². The third-order valence-electron chi connectivity index (χ3n) is 3.97. The molecule has 3 rings (SSSR count). The molecule has 2 heteroatoms. The van der Waals surface area contributed by atoms with Crippen LogP contribution in [-0.4, -0.2) is 0 Å². The van der Waals surface area contributed by atoms with E-state index in [2.05, 4.69) is 45.9 Å². The molecule has 2 nitrogen and oxygen atoms in total. The van der Waals surface area contributed by atoms with E-state index in [0.29, 0.717) is 0 Å². The van der Waals surface area contributed by atoms with Crippen molar-refractivity contribution in [3.05, 3.63) is 82.9 Å². The molecule has 0 radical (unpaired) electrons. The Balaban J connectivity index is 1.71. The molecule has 3 aromatic carbocycles. The maximum atomic E-state index is 5.92. The van der Waals surface area contributed by atoms with E-state index in [9.17, 15) is 0 Å². The molecule has 24 heavy (non-hydrogen) atoms. The average Bonchev–Trinajstić information content (AvgIpc) is 2.52. The standard InChI is InChI=1S/C22H22O2/c1-15-11-16(2)13-22(12-15)24-20-9-7-19(8-10-20)23-21-6-5-17(3)18(4)14-21/h5-14H,1-4H3. The molecule has 0 heterocycles. The maximum absolute atomic E-state index is 5.92. The second kappa shape index (κ2) is 6.79. The zero-order valence-corrected chi connectivity index (χ0v) is 14.6. The molecule has 0 aliphatic rings. The SMILES string of the molecule is Cc1cc(C)cc(Oc2ccc(Oc3ccc(C)c(C)c3)cc2)c1.